The molecule has 1 aliphatic heterocycles. The summed E-state index contributed by atoms with van der Waals surface area (Å²) in [4.78, 5) is 14.6. The second-order valence-corrected chi connectivity index (χ2v) is 6.97. The van der Waals surface area contributed by atoms with Crippen LogP contribution in [0.2, 0.25) is 5.02 Å². The number of amides is 1. The lowest BCUT2D eigenvalue weighted by Crippen LogP contribution is -2.37. The summed E-state index contributed by atoms with van der Waals surface area (Å²) in [5.41, 5.74) is 0.911. The Morgan fingerprint density at radius 1 is 1.19 bits per heavy atom. The van der Waals surface area contributed by atoms with Crippen molar-refractivity contribution in [2.45, 2.75) is 19.3 Å². The van der Waals surface area contributed by atoms with E-state index in [-0.39, 0.29) is 11.5 Å². The topological polar surface area (TPSA) is 69.3 Å². The van der Waals surface area contributed by atoms with E-state index in [2.05, 4.69) is 10.2 Å². The van der Waals surface area contributed by atoms with E-state index in [1.54, 1.807) is 24.3 Å². The molecule has 0 spiro atoms. The molecule has 140 valence electrons. The average molecular weight is 384 g/mol. The minimum absolute atomic E-state index is 0.0330. The minimum Gasteiger partial charge on any atom is -0.457 e. The summed E-state index contributed by atoms with van der Waals surface area (Å²) in [6.45, 7) is 3.51. The molecule has 0 saturated carbocycles. The van der Waals surface area contributed by atoms with Gasteiger partial charge in [-0.1, -0.05) is 18.0 Å². The van der Waals surface area contributed by atoms with Crippen molar-refractivity contribution in [3.63, 3.8) is 0 Å². The van der Waals surface area contributed by atoms with Crippen LogP contribution < -0.4 is 5.32 Å². The maximum absolute atomic E-state index is 12.3. The third-order valence-electron chi connectivity index (χ3n) is 4.57. The van der Waals surface area contributed by atoms with E-state index < -0.39 is 0 Å². The monoisotopic (exact) mass is 383 g/mol. The molecular formula is C21H22ClN3O2. The van der Waals surface area contributed by atoms with Crippen LogP contribution in [0.3, 0.4) is 0 Å². The molecular weight excluding hydrogens is 362 g/mol. The van der Waals surface area contributed by atoms with Gasteiger partial charge in [-0.25, -0.2) is 0 Å². The largest absolute Gasteiger partial charge is 0.457 e. The molecule has 1 aromatic carbocycles. The van der Waals surface area contributed by atoms with Gasteiger partial charge in [0.2, 0.25) is 0 Å². The Morgan fingerprint density at radius 3 is 2.63 bits per heavy atom. The van der Waals surface area contributed by atoms with Crippen LogP contribution in [0.4, 0.5) is 0 Å². The van der Waals surface area contributed by atoms with Gasteiger partial charge in [0.1, 0.15) is 23.2 Å². The van der Waals surface area contributed by atoms with Crippen LogP contribution in [-0.2, 0) is 4.79 Å². The lowest BCUT2D eigenvalue weighted by Gasteiger charge is -2.26. The van der Waals surface area contributed by atoms with Gasteiger partial charge in [-0.3, -0.25) is 4.79 Å². The van der Waals surface area contributed by atoms with E-state index >= 15 is 0 Å². The number of likely N-dealkylation sites (tertiary alicyclic amines) is 1. The Labute approximate surface area is 164 Å². The predicted molar refractivity (Wildman–Crippen MR) is 106 cm³/mol. The first kappa shape index (κ1) is 19.2. The molecule has 3 rings (SSSR count). The van der Waals surface area contributed by atoms with Crippen LogP contribution in [0.1, 0.15) is 25.0 Å². The molecule has 6 heteroatoms. The number of nitriles is 1. The molecule has 27 heavy (non-hydrogen) atoms. The maximum Gasteiger partial charge on any atom is 0.262 e. The molecule has 0 atom stereocenters. The Bertz CT molecular complexity index is 843. The smallest absolute Gasteiger partial charge is 0.262 e. The summed E-state index contributed by atoms with van der Waals surface area (Å²) in [7, 11) is 0. The Hall–Kier alpha value is -2.55. The van der Waals surface area contributed by atoms with Crippen LogP contribution >= 0.6 is 11.6 Å². The molecule has 2 heterocycles. The molecule has 1 aliphatic rings. The van der Waals surface area contributed by atoms with Crippen molar-refractivity contribution < 1.29 is 9.21 Å². The van der Waals surface area contributed by atoms with E-state index in [9.17, 15) is 10.1 Å². The number of furan rings is 1. The van der Waals surface area contributed by atoms with E-state index in [1.807, 2.05) is 18.2 Å². The number of benzene rings is 1. The molecule has 0 bridgehead atoms. The summed E-state index contributed by atoms with van der Waals surface area (Å²) < 4.78 is 5.73. The van der Waals surface area contributed by atoms with Crippen LogP contribution in [0.25, 0.3) is 17.4 Å². The minimum atomic E-state index is -0.376. The first-order chi connectivity index (χ1) is 13.2. The van der Waals surface area contributed by atoms with Crippen LogP contribution in [0.15, 0.2) is 46.4 Å². The number of nitrogens with zero attached hydrogens (tertiary/aromatic N) is 2. The normalized spacial score (nSPS) is 15.3. The van der Waals surface area contributed by atoms with Crippen LogP contribution in [-0.4, -0.2) is 37.0 Å². The highest BCUT2D eigenvalue weighted by Gasteiger charge is 2.13. The van der Waals surface area contributed by atoms with Gasteiger partial charge in [-0.05, 0) is 62.3 Å². The van der Waals surface area contributed by atoms with Gasteiger partial charge in [0.05, 0.1) is 0 Å². The fraction of sp³-hybridized carbons (Fsp3) is 0.333. The zero-order valence-electron chi connectivity index (χ0n) is 15.1. The molecule has 1 aromatic heterocycles. The summed E-state index contributed by atoms with van der Waals surface area (Å²) in [6.07, 6.45) is 5.18. The molecule has 1 N–H and O–H groups in total. The first-order valence-corrected chi connectivity index (χ1v) is 9.51. The number of hydrogen-bond acceptors (Lipinski definition) is 4. The van der Waals surface area contributed by atoms with Gasteiger partial charge in [0.15, 0.2) is 0 Å². The van der Waals surface area contributed by atoms with Crippen molar-refractivity contribution in [3.05, 3.63) is 52.8 Å². The lowest BCUT2D eigenvalue weighted by atomic mass is 10.1. The fourth-order valence-electron chi connectivity index (χ4n) is 3.10. The van der Waals surface area contributed by atoms with E-state index in [0.29, 0.717) is 23.1 Å². The van der Waals surface area contributed by atoms with Crippen molar-refractivity contribution in [3.8, 4) is 17.4 Å². The summed E-state index contributed by atoms with van der Waals surface area (Å²) >= 11 is 5.89. The zero-order valence-corrected chi connectivity index (χ0v) is 15.8. The van der Waals surface area contributed by atoms with Gasteiger partial charge in [0.25, 0.3) is 5.91 Å². The van der Waals surface area contributed by atoms with Gasteiger partial charge in [-0.2, -0.15) is 5.26 Å². The molecule has 5 nitrogen and oxygen atoms in total. The van der Waals surface area contributed by atoms with Crippen molar-refractivity contribution in [2.75, 3.05) is 26.2 Å². The number of carbonyl (C=O) groups is 1. The Balaban J connectivity index is 1.59. The molecule has 2 aromatic rings. The number of piperidine rings is 1. The second-order valence-electron chi connectivity index (χ2n) is 6.54. The summed E-state index contributed by atoms with van der Waals surface area (Å²) in [5.74, 6) is 0.738. The number of halogens is 1. The fourth-order valence-corrected chi connectivity index (χ4v) is 3.22. The van der Waals surface area contributed by atoms with Crippen LogP contribution in [0, 0.1) is 11.3 Å². The highest BCUT2D eigenvalue weighted by Crippen LogP contribution is 2.24. The van der Waals surface area contributed by atoms with Crippen molar-refractivity contribution >= 4 is 23.6 Å². The standard InChI is InChI=1S/C21H22ClN3O2/c22-18-6-4-16(5-7-18)20-9-8-19(27-20)14-17(15-23)21(26)24-10-13-25-11-2-1-3-12-25/h4-9,14H,1-3,10-13H2,(H,24,26)/b17-14-. The summed E-state index contributed by atoms with van der Waals surface area (Å²) in [6, 6.07) is 12.8. The second kappa shape index (κ2) is 9.40. The Morgan fingerprint density at radius 2 is 1.93 bits per heavy atom. The Kier molecular flexibility index (Phi) is 6.69. The van der Waals surface area contributed by atoms with Crippen molar-refractivity contribution in [2.24, 2.45) is 0 Å². The van der Waals surface area contributed by atoms with Gasteiger partial charge < -0.3 is 14.6 Å². The lowest BCUT2D eigenvalue weighted by molar-refractivity contribution is -0.117. The third kappa shape index (κ3) is 5.46. The third-order valence-corrected chi connectivity index (χ3v) is 4.82. The quantitative estimate of drug-likeness (QED) is 0.602. The number of rotatable bonds is 6. The predicted octanol–water partition coefficient (Wildman–Crippen LogP) is 4.11. The molecule has 0 radical (unpaired) electrons. The molecule has 1 saturated heterocycles. The maximum atomic E-state index is 12.3. The van der Waals surface area contributed by atoms with Crippen molar-refractivity contribution in [1.82, 2.24) is 10.2 Å². The van der Waals surface area contributed by atoms with E-state index in [4.69, 9.17) is 16.0 Å². The first-order valence-electron chi connectivity index (χ1n) is 9.14. The number of hydrogen-bond donors (Lipinski definition) is 1. The molecule has 0 unspecified atom stereocenters. The van der Waals surface area contributed by atoms with Gasteiger partial charge in [0, 0.05) is 29.8 Å². The average Bonchev–Trinajstić information content (AvgIpc) is 3.16. The number of nitrogens with one attached hydrogen (secondary N) is 1. The zero-order chi connectivity index (χ0) is 19.1. The highest BCUT2D eigenvalue weighted by atomic mass is 35.5. The van der Waals surface area contributed by atoms with Crippen LogP contribution in [0.5, 0.6) is 0 Å². The van der Waals surface area contributed by atoms with E-state index in [1.165, 1.54) is 25.3 Å². The summed E-state index contributed by atoms with van der Waals surface area (Å²) in [5, 5.41) is 12.8. The van der Waals surface area contributed by atoms with Gasteiger partial charge >= 0.3 is 0 Å². The van der Waals surface area contributed by atoms with E-state index in [0.717, 1.165) is 25.2 Å². The van der Waals surface area contributed by atoms with Gasteiger partial charge in [-0.15, -0.1) is 0 Å². The SMILES string of the molecule is N#C/C(=C/c1ccc(-c2ccc(Cl)cc2)o1)C(=O)NCCN1CCCCC1. The molecule has 1 fully saturated rings. The molecule has 0 aliphatic carbocycles. The highest BCUT2D eigenvalue weighted by molar-refractivity contribution is 6.30. The number of carbonyl (C=O) groups excluding carboxylic acids is 1. The molecule has 1 amide bonds. The van der Waals surface area contributed by atoms with Crippen molar-refractivity contribution in [1.29, 1.82) is 5.26 Å².